The number of primary amides is 1. The van der Waals surface area contributed by atoms with E-state index in [4.69, 9.17) is 14.9 Å². The van der Waals surface area contributed by atoms with Gasteiger partial charge < -0.3 is 20.2 Å². The fourth-order valence-corrected chi connectivity index (χ4v) is 4.24. The topological polar surface area (TPSA) is 129 Å². The first-order chi connectivity index (χ1) is 14.1. The number of aromatic nitrogens is 2. The van der Waals surface area contributed by atoms with Crippen molar-refractivity contribution in [3.05, 3.63) is 55.5 Å². The van der Waals surface area contributed by atoms with Crippen LogP contribution in [0.2, 0.25) is 0 Å². The summed E-state index contributed by atoms with van der Waals surface area (Å²) in [6.07, 6.45) is 0. The van der Waals surface area contributed by atoms with Gasteiger partial charge in [0.25, 0.3) is 11.8 Å². The highest BCUT2D eigenvalue weighted by molar-refractivity contribution is 9.10. The number of nitrogens with two attached hydrogens (primary N) is 1. The van der Waals surface area contributed by atoms with Gasteiger partial charge in [0.1, 0.15) is 10.8 Å². The number of esters is 1. The Morgan fingerprint density at radius 1 is 1.30 bits per heavy atom. The molecule has 3 aromatic heterocycles. The van der Waals surface area contributed by atoms with Gasteiger partial charge in [-0.05, 0) is 54.4 Å². The van der Waals surface area contributed by atoms with Crippen molar-refractivity contribution in [2.24, 2.45) is 5.73 Å². The SMILES string of the molecule is COC(=O)c1c(NC(=O)c2ccc(Cn3nc(C)c(Br)c3C)o2)sc(C(N)=O)c1C. The van der Waals surface area contributed by atoms with Crippen LogP contribution in [0.15, 0.2) is 21.0 Å². The average molecular weight is 495 g/mol. The maximum Gasteiger partial charge on any atom is 0.341 e. The Balaban J connectivity index is 1.83. The molecule has 0 aromatic carbocycles. The number of carbonyl (C=O) groups is 3. The van der Waals surface area contributed by atoms with E-state index >= 15 is 0 Å². The lowest BCUT2D eigenvalue weighted by Crippen LogP contribution is -2.14. The first-order valence-electron chi connectivity index (χ1n) is 8.75. The number of anilines is 1. The van der Waals surface area contributed by atoms with Crippen LogP contribution in [0, 0.1) is 20.8 Å². The number of methoxy groups -OCH3 is 1. The van der Waals surface area contributed by atoms with Crippen LogP contribution < -0.4 is 11.1 Å². The molecule has 0 bridgehead atoms. The molecular formula is C19H19BrN4O5S. The summed E-state index contributed by atoms with van der Waals surface area (Å²) in [5, 5.41) is 7.18. The Hall–Kier alpha value is -2.92. The van der Waals surface area contributed by atoms with Crippen LogP contribution in [0.25, 0.3) is 0 Å². The van der Waals surface area contributed by atoms with Crippen LogP contribution in [0.4, 0.5) is 5.00 Å². The number of carbonyl (C=O) groups excluding carboxylic acids is 3. The molecule has 0 spiro atoms. The van der Waals surface area contributed by atoms with Gasteiger partial charge in [-0.3, -0.25) is 14.3 Å². The Morgan fingerprint density at radius 2 is 2.00 bits per heavy atom. The number of hydrogen-bond donors (Lipinski definition) is 2. The predicted molar refractivity (Wildman–Crippen MR) is 114 cm³/mol. The number of hydrogen-bond acceptors (Lipinski definition) is 7. The van der Waals surface area contributed by atoms with Gasteiger partial charge in [-0.25, -0.2) is 4.79 Å². The van der Waals surface area contributed by atoms with E-state index in [0.717, 1.165) is 27.2 Å². The molecule has 9 nitrogen and oxygen atoms in total. The number of furan rings is 1. The van der Waals surface area contributed by atoms with E-state index in [0.29, 0.717) is 17.9 Å². The fourth-order valence-electron chi connectivity index (χ4n) is 2.91. The Bertz CT molecular complexity index is 1160. The molecule has 0 fully saturated rings. The van der Waals surface area contributed by atoms with E-state index < -0.39 is 17.8 Å². The number of thiophene rings is 1. The molecule has 0 aliphatic rings. The predicted octanol–water partition coefficient (Wildman–Crippen LogP) is 3.41. The fraction of sp³-hybridized carbons (Fsp3) is 0.263. The molecule has 3 rings (SSSR count). The minimum absolute atomic E-state index is 0.0492. The minimum atomic E-state index is -0.695. The molecule has 0 atom stereocenters. The highest BCUT2D eigenvalue weighted by Gasteiger charge is 2.26. The third kappa shape index (κ3) is 4.03. The third-order valence-electron chi connectivity index (χ3n) is 4.47. The Kier molecular flexibility index (Phi) is 6.13. The molecule has 30 heavy (non-hydrogen) atoms. The molecule has 0 unspecified atom stereocenters. The largest absolute Gasteiger partial charge is 0.465 e. The van der Waals surface area contributed by atoms with Gasteiger partial charge in [-0.1, -0.05) is 0 Å². The number of halogens is 1. The second-order valence-electron chi connectivity index (χ2n) is 6.48. The second-order valence-corrected chi connectivity index (χ2v) is 8.29. The van der Waals surface area contributed by atoms with Crippen molar-refractivity contribution in [1.82, 2.24) is 9.78 Å². The molecule has 158 valence electrons. The van der Waals surface area contributed by atoms with Crippen LogP contribution >= 0.6 is 27.3 Å². The van der Waals surface area contributed by atoms with E-state index in [1.54, 1.807) is 17.7 Å². The summed E-state index contributed by atoms with van der Waals surface area (Å²) in [7, 11) is 1.21. The summed E-state index contributed by atoms with van der Waals surface area (Å²) in [5.41, 5.74) is 7.59. The first-order valence-corrected chi connectivity index (χ1v) is 10.4. The summed E-state index contributed by atoms with van der Waals surface area (Å²) in [6.45, 7) is 5.72. The molecule has 2 amide bonds. The van der Waals surface area contributed by atoms with Crippen LogP contribution in [0.1, 0.15) is 53.3 Å². The zero-order valence-electron chi connectivity index (χ0n) is 16.7. The summed E-state index contributed by atoms with van der Waals surface area (Å²) >= 11 is 4.38. The molecular weight excluding hydrogens is 476 g/mol. The zero-order valence-corrected chi connectivity index (χ0v) is 19.1. The summed E-state index contributed by atoms with van der Waals surface area (Å²) in [5.74, 6) is -1.36. The van der Waals surface area contributed by atoms with Crippen LogP contribution in [-0.4, -0.2) is 34.7 Å². The molecule has 3 aromatic rings. The molecule has 0 radical (unpaired) electrons. The van der Waals surface area contributed by atoms with Crippen molar-refractivity contribution in [2.75, 3.05) is 12.4 Å². The van der Waals surface area contributed by atoms with Crippen molar-refractivity contribution in [3.63, 3.8) is 0 Å². The van der Waals surface area contributed by atoms with Crippen molar-refractivity contribution in [2.45, 2.75) is 27.3 Å². The summed E-state index contributed by atoms with van der Waals surface area (Å²) in [4.78, 5) is 36.6. The highest BCUT2D eigenvalue weighted by atomic mass is 79.9. The number of amides is 2. The molecule has 0 saturated heterocycles. The zero-order chi connectivity index (χ0) is 22.2. The van der Waals surface area contributed by atoms with Gasteiger partial charge in [-0.2, -0.15) is 5.10 Å². The lowest BCUT2D eigenvalue weighted by Gasteiger charge is -2.05. The van der Waals surface area contributed by atoms with E-state index in [1.165, 1.54) is 13.2 Å². The standard InChI is InChI=1S/C19H19BrN4O5S/c1-8-13(19(27)28-4)18(30-15(8)16(21)25)22-17(26)12-6-5-11(29-12)7-24-10(3)14(20)9(2)23-24/h5-6H,7H2,1-4H3,(H2,21,25)(H,22,26). The number of nitrogens with one attached hydrogen (secondary N) is 1. The van der Waals surface area contributed by atoms with E-state index in [9.17, 15) is 14.4 Å². The number of ether oxygens (including phenoxy) is 1. The first kappa shape index (κ1) is 21.8. The molecule has 0 saturated carbocycles. The molecule has 3 heterocycles. The molecule has 11 heteroatoms. The number of nitrogens with zero attached hydrogens (tertiary/aromatic N) is 2. The van der Waals surface area contributed by atoms with E-state index in [2.05, 4.69) is 26.3 Å². The average Bonchev–Trinajstić information content (AvgIpc) is 3.35. The third-order valence-corrected chi connectivity index (χ3v) is 6.84. The normalized spacial score (nSPS) is 10.8. The van der Waals surface area contributed by atoms with Gasteiger partial charge in [-0.15, -0.1) is 11.3 Å². The number of rotatable bonds is 6. The molecule has 0 aliphatic heterocycles. The summed E-state index contributed by atoms with van der Waals surface area (Å²) < 4.78 is 13.1. The second kappa shape index (κ2) is 8.44. The van der Waals surface area contributed by atoms with Crippen molar-refractivity contribution in [1.29, 1.82) is 0 Å². The Labute approximate surface area is 184 Å². The van der Waals surface area contributed by atoms with Gasteiger partial charge in [0.05, 0.1) is 40.0 Å². The Morgan fingerprint density at radius 3 is 2.57 bits per heavy atom. The quantitative estimate of drug-likeness (QED) is 0.505. The molecule has 3 N–H and O–H groups in total. The van der Waals surface area contributed by atoms with Crippen molar-refractivity contribution in [3.8, 4) is 0 Å². The monoisotopic (exact) mass is 494 g/mol. The van der Waals surface area contributed by atoms with Crippen LogP contribution in [0.3, 0.4) is 0 Å². The number of aryl methyl sites for hydroxylation is 1. The van der Waals surface area contributed by atoms with Gasteiger partial charge in [0, 0.05) is 0 Å². The van der Waals surface area contributed by atoms with E-state index in [1.807, 2.05) is 13.8 Å². The maximum absolute atomic E-state index is 12.7. The smallest absolute Gasteiger partial charge is 0.341 e. The lowest BCUT2D eigenvalue weighted by molar-refractivity contribution is 0.0601. The minimum Gasteiger partial charge on any atom is -0.465 e. The van der Waals surface area contributed by atoms with Crippen LogP contribution in [-0.2, 0) is 11.3 Å². The van der Waals surface area contributed by atoms with Crippen molar-refractivity contribution >= 4 is 50.1 Å². The maximum atomic E-state index is 12.7. The van der Waals surface area contributed by atoms with Gasteiger partial charge in [0.2, 0.25) is 0 Å². The van der Waals surface area contributed by atoms with Crippen LogP contribution in [0.5, 0.6) is 0 Å². The van der Waals surface area contributed by atoms with Gasteiger partial charge in [0.15, 0.2) is 5.76 Å². The van der Waals surface area contributed by atoms with Crippen molar-refractivity contribution < 1.29 is 23.5 Å². The molecule has 0 aliphatic carbocycles. The summed E-state index contributed by atoms with van der Waals surface area (Å²) in [6, 6.07) is 3.20. The van der Waals surface area contributed by atoms with E-state index in [-0.39, 0.29) is 21.2 Å². The van der Waals surface area contributed by atoms with Gasteiger partial charge >= 0.3 is 5.97 Å². The highest BCUT2D eigenvalue weighted by Crippen LogP contribution is 2.34. The lowest BCUT2D eigenvalue weighted by atomic mass is 10.1.